The van der Waals surface area contributed by atoms with Crippen LogP contribution in [0.4, 0.5) is 39.9 Å². The van der Waals surface area contributed by atoms with Crippen molar-refractivity contribution in [1.82, 2.24) is 4.98 Å². The third-order valence-electron chi connectivity index (χ3n) is 10.1. The van der Waals surface area contributed by atoms with E-state index in [-0.39, 0.29) is 0 Å². The minimum absolute atomic E-state index is 0.704. The Morgan fingerprint density at radius 1 is 0.396 bits per heavy atom. The summed E-state index contributed by atoms with van der Waals surface area (Å²) in [7, 11) is 0. The van der Waals surface area contributed by atoms with Crippen molar-refractivity contribution in [3.63, 3.8) is 0 Å². The molecule has 1 aromatic heterocycles. The molecule has 0 aliphatic carbocycles. The summed E-state index contributed by atoms with van der Waals surface area (Å²) in [5, 5.41) is 0. The fourth-order valence-electron chi connectivity index (χ4n) is 7.67. The van der Waals surface area contributed by atoms with Gasteiger partial charge in [-0.2, -0.15) is 0 Å². The number of para-hydroxylation sites is 3. The maximum atomic E-state index is 6.73. The molecule has 10 rings (SSSR count). The molecule has 0 N–H and O–H groups in total. The Balaban J connectivity index is 1.06. The number of hydrogen-bond donors (Lipinski definition) is 0. The van der Waals surface area contributed by atoms with E-state index in [0.29, 0.717) is 6.67 Å². The van der Waals surface area contributed by atoms with Crippen molar-refractivity contribution in [3.8, 4) is 44.9 Å². The molecule has 252 valence electrons. The number of nitrogens with zero attached hydrogens (tertiary/aromatic N) is 4. The first-order chi connectivity index (χ1) is 26.3. The molecule has 0 radical (unpaired) electrons. The quantitative estimate of drug-likeness (QED) is 0.174. The molecule has 53 heavy (non-hydrogen) atoms. The summed E-state index contributed by atoms with van der Waals surface area (Å²) in [6.45, 7) is 0.704. The van der Waals surface area contributed by atoms with Crippen molar-refractivity contribution in [3.05, 3.63) is 194 Å². The standard InChI is InChI=1S/C48H34N4O/c1-3-14-34(15-4-1)35-25-28-44-43(30-35)41-21-8-7-20-40(41)42-27-26-39(32-47(42)52(44)48-24-11-12-29-49-48)53-38-19-13-18-37(31-38)51-33-50(36-16-5-2-6-17-36)45-22-9-10-23-46(45)51/h1-32H,33H2. The molecule has 0 atom stereocenters. The number of anilines is 7. The van der Waals surface area contributed by atoms with Crippen LogP contribution in [0.5, 0.6) is 11.5 Å². The summed E-state index contributed by atoms with van der Waals surface area (Å²) in [5.41, 5.74) is 13.6. The highest BCUT2D eigenvalue weighted by molar-refractivity contribution is 6.03. The largest absolute Gasteiger partial charge is 0.457 e. The lowest BCUT2D eigenvalue weighted by molar-refractivity contribution is 0.483. The van der Waals surface area contributed by atoms with E-state index >= 15 is 0 Å². The predicted octanol–water partition coefficient (Wildman–Crippen LogP) is 12.9. The summed E-state index contributed by atoms with van der Waals surface area (Å²) in [5.74, 6) is 2.35. The van der Waals surface area contributed by atoms with Gasteiger partial charge < -0.3 is 14.5 Å². The monoisotopic (exact) mass is 682 g/mol. The first-order valence-electron chi connectivity index (χ1n) is 17.9. The summed E-state index contributed by atoms with van der Waals surface area (Å²) < 4.78 is 6.73. The van der Waals surface area contributed by atoms with Crippen LogP contribution in [0, 0.1) is 0 Å². The molecule has 5 heteroatoms. The van der Waals surface area contributed by atoms with Crippen molar-refractivity contribution in [2.24, 2.45) is 0 Å². The third-order valence-corrected chi connectivity index (χ3v) is 10.1. The van der Waals surface area contributed by atoms with Gasteiger partial charge in [-0.3, -0.25) is 4.90 Å². The van der Waals surface area contributed by atoms with Gasteiger partial charge in [0.15, 0.2) is 0 Å². The van der Waals surface area contributed by atoms with E-state index in [9.17, 15) is 0 Å². The van der Waals surface area contributed by atoms with Crippen LogP contribution in [0.15, 0.2) is 194 Å². The molecule has 0 fully saturated rings. The fourth-order valence-corrected chi connectivity index (χ4v) is 7.67. The third kappa shape index (κ3) is 5.47. The van der Waals surface area contributed by atoms with Gasteiger partial charge in [-0.25, -0.2) is 4.98 Å². The molecule has 2 aliphatic heterocycles. The predicted molar refractivity (Wildman–Crippen MR) is 217 cm³/mol. The molecule has 2 aliphatic rings. The van der Waals surface area contributed by atoms with E-state index < -0.39 is 0 Å². The van der Waals surface area contributed by atoms with E-state index in [1.54, 1.807) is 0 Å². The van der Waals surface area contributed by atoms with Crippen LogP contribution in [0.25, 0.3) is 33.4 Å². The van der Waals surface area contributed by atoms with Gasteiger partial charge in [0, 0.05) is 40.8 Å². The lowest BCUT2D eigenvalue weighted by Crippen LogP contribution is -2.23. The van der Waals surface area contributed by atoms with Gasteiger partial charge in [-0.15, -0.1) is 0 Å². The van der Waals surface area contributed by atoms with Crippen molar-refractivity contribution in [1.29, 1.82) is 0 Å². The lowest BCUT2D eigenvalue weighted by atomic mass is 9.92. The minimum Gasteiger partial charge on any atom is -0.457 e. The van der Waals surface area contributed by atoms with Crippen LogP contribution in [-0.2, 0) is 0 Å². The van der Waals surface area contributed by atoms with E-state index in [4.69, 9.17) is 9.72 Å². The molecule has 8 aromatic rings. The van der Waals surface area contributed by atoms with Crippen molar-refractivity contribution in [2.75, 3.05) is 21.4 Å². The Kier molecular flexibility index (Phi) is 7.47. The Hall–Kier alpha value is -7.11. The molecule has 0 saturated carbocycles. The molecule has 0 unspecified atom stereocenters. The zero-order valence-corrected chi connectivity index (χ0v) is 28.9. The van der Waals surface area contributed by atoms with Gasteiger partial charge in [0.1, 0.15) is 24.0 Å². The molecule has 0 saturated heterocycles. The average molecular weight is 683 g/mol. The molecule has 5 nitrogen and oxygen atoms in total. The average Bonchev–Trinajstić information content (AvgIpc) is 3.57. The van der Waals surface area contributed by atoms with Gasteiger partial charge in [-0.05, 0) is 95.1 Å². The maximum absolute atomic E-state index is 6.73. The number of rotatable bonds is 6. The zero-order chi connectivity index (χ0) is 35.1. The van der Waals surface area contributed by atoms with Crippen LogP contribution >= 0.6 is 0 Å². The molecule has 0 spiro atoms. The Morgan fingerprint density at radius 2 is 1.06 bits per heavy atom. The smallest absolute Gasteiger partial charge is 0.137 e. The summed E-state index contributed by atoms with van der Waals surface area (Å²) in [6, 6.07) is 65.9. The molecule has 0 bridgehead atoms. The van der Waals surface area contributed by atoms with Gasteiger partial charge >= 0.3 is 0 Å². The lowest BCUT2D eigenvalue weighted by Gasteiger charge is -2.27. The van der Waals surface area contributed by atoms with Crippen LogP contribution in [0.2, 0.25) is 0 Å². The second kappa shape index (κ2) is 12.9. The van der Waals surface area contributed by atoms with E-state index in [1.165, 1.54) is 22.4 Å². The summed E-state index contributed by atoms with van der Waals surface area (Å²) in [4.78, 5) is 11.8. The number of pyridine rings is 1. The second-order valence-electron chi connectivity index (χ2n) is 13.3. The Morgan fingerprint density at radius 3 is 1.83 bits per heavy atom. The van der Waals surface area contributed by atoms with Gasteiger partial charge in [0.25, 0.3) is 0 Å². The molecular formula is C48H34N4O. The van der Waals surface area contributed by atoms with E-state index in [1.807, 2.05) is 24.4 Å². The van der Waals surface area contributed by atoms with Gasteiger partial charge in [0.2, 0.25) is 0 Å². The Labute approximate surface area is 309 Å². The highest BCUT2D eigenvalue weighted by atomic mass is 16.5. The zero-order valence-electron chi connectivity index (χ0n) is 28.9. The molecular weight excluding hydrogens is 649 g/mol. The number of hydrogen-bond acceptors (Lipinski definition) is 5. The van der Waals surface area contributed by atoms with Gasteiger partial charge in [-0.1, -0.05) is 103 Å². The van der Waals surface area contributed by atoms with Gasteiger partial charge in [0.05, 0.1) is 22.7 Å². The molecule has 7 aromatic carbocycles. The number of benzene rings is 7. The number of fused-ring (bicyclic) bond motifs is 6. The van der Waals surface area contributed by atoms with Crippen LogP contribution in [0.3, 0.4) is 0 Å². The highest BCUT2D eigenvalue weighted by Gasteiger charge is 2.29. The SMILES string of the molecule is c1ccc(-c2ccc3c(c2)-c2ccccc2-c2ccc(Oc4cccc(N5CN(c6ccccc6)c6ccccc65)c4)cc2N3c2ccccn2)cc1. The first kappa shape index (κ1) is 30.7. The normalized spacial score (nSPS) is 12.7. The highest BCUT2D eigenvalue weighted by Crippen LogP contribution is 2.52. The summed E-state index contributed by atoms with van der Waals surface area (Å²) >= 11 is 0. The fraction of sp³-hybridized carbons (Fsp3) is 0.0208. The minimum atomic E-state index is 0.704. The van der Waals surface area contributed by atoms with Crippen LogP contribution in [0.1, 0.15) is 0 Å². The van der Waals surface area contributed by atoms with Crippen molar-refractivity contribution < 1.29 is 4.74 Å². The maximum Gasteiger partial charge on any atom is 0.137 e. The van der Waals surface area contributed by atoms with Crippen LogP contribution in [-0.4, -0.2) is 11.7 Å². The van der Waals surface area contributed by atoms with E-state index in [0.717, 1.165) is 62.4 Å². The second-order valence-corrected chi connectivity index (χ2v) is 13.3. The molecule has 0 amide bonds. The summed E-state index contributed by atoms with van der Waals surface area (Å²) in [6.07, 6.45) is 1.85. The number of ether oxygens (including phenoxy) is 1. The van der Waals surface area contributed by atoms with Crippen molar-refractivity contribution >= 4 is 39.9 Å². The molecule has 3 heterocycles. The number of aromatic nitrogens is 1. The topological polar surface area (TPSA) is 31.8 Å². The van der Waals surface area contributed by atoms with E-state index in [2.05, 4.69) is 185 Å². The Bertz CT molecular complexity index is 2590. The van der Waals surface area contributed by atoms with Crippen molar-refractivity contribution in [2.45, 2.75) is 0 Å². The van der Waals surface area contributed by atoms with Crippen LogP contribution < -0.4 is 19.4 Å². The first-order valence-corrected chi connectivity index (χ1v) is 17.9.